The molecule has 3 heteroatoms. The zero-order valence-electron chi connectivity index (χ0n) is 12.1. The van der Waals surface area contributed by atoms with Crippen LogP contribution in [0, 0.1) is 11.7 Å². The second kappa shape index (κ2) is 6.02. The number of rotatable bonds is 5. The molecular formula is C16H24FNO. The zero-order chi connectivity index (χ0) is 13.9. The molecule has 1 fully saturated rings. The van der Waals surface area contributed by atoms with Crippen LogP contribution >= 0.6 is 0 Å². The van der Waals surface area contributed by atoms with Crippen LogP contribution in [0.15, 0.2) is 24.3 Å². The first-order valence-corrected chi connectivity index (χ1v) is 7.13. The van der Waals surface area contributed by atoms with Crippen LogP contribution in [-0.4, -0.2) is 25.8 Å². The monoisotopic (exact) mass is 265 g/mol. The van der Waals surface area contributed by atoms with Crippen molar-refractivity contribution >= 4 is 0 Å². The minimum atomic E-state index is -0.177. The quantitative estimate of drug-likeness (QED) is 0.883. The number of halogens is 1. The smallest absolute Gasteiger partial charge is 0.123 e. The van der Waals surface area contributed by atoms with Gasteiger partial charge in [-0.3, -0.25) is 0 Å². The Morgan fingerprint density at radius 3 is 2.58 bits per heavy atom. The van der Waals surface area contributed by atoms with E-state index in [9.17, 15) is 4.39 Å². The van der Waals surface area contributed by atoms with E-state index in [2.05, 4.69) is 26.1 Å². The summed E-state index contributed by atoms with van der Waals surface area (Å²) in [5, 5.41) is 3.60. The van der Waals surface area contributed by atoms with Gasteiger partial charge in [0, 0.05) is 24.0 Å². The van der Waals surface area contributed by atoms with Gasteiger partial charge in [-0.2, -0.15) is 0 Å². The van der Waals surface area contributed by atoms with Crippen molar-refractivity contribution in [3.05, 3.63) is 35.6 Å². The van der Waals surface area contributed by atoms with Gasteiger partial charge >= 0.3 is 0 Å². The molecule has 1 aliphatic rings. The van der Waals surface area contributed by atoms with Gasteiger partial charge in [0.25, 0.3) is 0 Å². The summed E-state index contributed by atoms with van der Waals surface area (Å²) in [6, 6.07) is 7.24. The molecule has 2 atom stereocenters. The topological polar surface area (TPSA) is 21.3 Å². The fourth-order valence-electron chi connectivity index (χ4n) is 3.11. The van der Waals surface area contributed by atoms with E-state index in [4.69, 9.17) is 4.74 Å². The van der Waals surface area contributed by atoms with Gasteiger partial charge in [0.05, 0.1) is 6.61 Å². The third kappa shape index (κ3) is 3.15. The molecule has 1 aromatic rings. The molecule has 0 amide bonds. The van der Waals surface area contributed by atoms with Crippen LogP contribution in [0.4, 0.5) is 4.39 Å². The Hall–Kier alpha value is -0.930. The highest BCUT2D eigenvalue weighted by molar-refractivity contribution is 5.27. The number of ether oxygens (including phenoxy) is 1. The van der Waals surface area contributed by atoms with Crippen molar-refractivity contribution in [1.82, 2.24) is 5.32 Å². The Morgan fingerprint density at radius 1 is 1.37 bits per heavy atom. The van der Waals surface area contributed by atoms with Crippen molar-refractivity contribution < 1.29 is 9.13 Å². The lowest BCUT2D eigenvalue weighted by Gasteiger charge is -2.39. The lowest BCUT2D eigenvalue weighted by atomic mass is 9.72. The lowest BCUT2D eigenvalue weighted by Crippen LogP contribution is -2.50. The molecule has 0 spiro atoms. The molecule has 0 bridgehead atoms. The van der Waals surface area contributed by atoms with E-state index < -0.39 is 0 Å². The first-order valence-electron chi connectivity index (χ1n) is 7.13. The maximum Gasteiger partial charge on any atom is 0.123 e. The van der Waals surface area contributed by atoms with E-state index >= 15 is 0 Å². The number of hydrogen-bond donors (Lipinski definition) is 1. The highest BCUT2D eigenvalue weighted by Gasteiger charge is 2.38. The second-order valence-corrected chi connectivity index (χ2v) is 5.89. The molecule has 0 radical (unpaired) electrons. The lowest BCUT2D eigenvalue weighted by molar-refractivity contribution is 0.162. The van der Waals surface area contributed by atoms with Crippen LogP contribution < -0.4 is 5.32 Å². The van der Waals surface area contributed by atoms with Crippen LogP contribution in [0.3, 0.4) is 0 Å². The third-order valence-corrected chi connectivity index (χ3v) is 4.23. The van der Waals surface area contributed by atoms with Gasteiger partial charge in [-0.15, -0.1) is 0 Å². The van der Waals surface area contributed by atoms with Crippen LogP contribution in [-0.2, 0) is 10.2 Å². The highest BCUT2D eigenvalue weighted by Crippen LogP contribution is 2.34. The number of likely N-dealkylation sites (N-methyl/N-ethyl adjacent to an activating group) is 1. The van der Waals surface area contributed by atoms with Crippen LogP contribution in [0.2, 0.25) is 0 Å². The Morgan fingerprint density at radius 2 is 2.05 bits per heavy atom. The largest absolute Gasteiger partial charge is 0.381 e. The highest BCUT2D eigenvalue weighted by atomic mass is 19.1. The van der Waals surface area contributed by atoms with Crippen molar-refractivity contribution in [2.45, 2.75) is 38.6 Å². The minimum absolute atomic E-state index is 0.0396. The van der Waals surface area contributed by atoms with Gasteiger partial charge in [0.2, 0.25) is 0 Å². The molecule has 0 aromatic heterocycles. The average molecular weight is 265 g/mol. The Bertz CT molecular complexity index is 396. The van der Waals surface area contributed by atoms with Gasteiger partial charge < -0.3 is 10.1 Å². The maximum atomic E-state index is 13.1. The molecule has 0 aliphatic carbocycles. The van der Waals surface area contributed by atoms with E-state index in [1.165, 1.54) is 5.56 Å². The SMILES string of the molecule is CCNC(C1CCOC1)C(C)(C)c1ccc(F)cc1. The van der Waals surface area contributed by atoms with E-state index in [-0.39, 0.29) is 11.2 Å². The minimum Gasteiger partial charge on any atom is -0.381 e. The fourth-order valence-corrected chi connectivity index (χ4v) is 3.11. The molecule has 1 aliphatic heterocycles. The van der Waals surface area contributed by atoms with Crippen LogP contribution in [0.25, 0.3) is 0 Å². The summed E-state index contributed by atoms with van der Waals surface area (Å²) >= 11 is 0. The normalized spacial score (nSPS) is 21.6. The molecule has 1 aromatic carbocycles. The molecule has 2 rings (SSSR count). The molecule has 0 saturated carbocycles. The van der Waals surface area contributed by atoms with Gasteiger partial charge in [0.15, 0.2) is 0 Å². The van der Waals surface area contributed by atoms with Crippen molar-refractivity contribution in [2.75, 3.05) is 19.8 Å². The van der Waals surface area contributed by atoms with E-state index in [0.717, 1.165) is 26.2 Å². The average Bonchev–Trinajstić information content (AvgIpc) is 2.89. The van der Waals surface area contributed by atoms with Gasteiger partial charge in [-0.1, -0.05) is 32.9 Å². The molecule has 1 saturated heterocycles. The second-order valence-electron chi connectivity index (χ2n) is 5.89. The summed E-state index contributed by atoms with van der Waals surface area (Å²) < 4.78 is 18.6. The van der Waals surface area contributed by atoms with Crippen molar-refractivity contribution in [1.29, 1.82) is 0 Å². The summed E-state index contributed by atoms with van der Waals surface area (Å²) in [5.74, 6) is 0.351. The predicted octanol–water partition coefficient (Wildman–Crippen LogP) is 3.12. The summed E-state index contributed by atoms with van der Waals surface area (Å²) in [4.78, 5) is 0. The van der Waals surface area contributed by atoms with Crippen molar-refractivity contribution in [2.24, 2.45) is 5.92 Å². The van der Waals surface area contributed by atoms with Gasteiger partial charge in [-0.05, 0) is 30.7 Å². The first-order chi connectivity index (χ1) is 9.05. The predicted molar refractivity (Wildman–Crippen MR) is 75.8 cm³/mol. The fraction of sp³-hybridized carbons (Fsp3) is 0.625. The summed E-state index contributed by atoms with van der Waals surface area (Å²) in [6.07, 6.45) is 1.10. The number of hydrogen-bond acceptors (Lipinski definition) is 2. The molecular weight excluding hydrogens is 241 g/mol. The molecule has 2 unspecified atom stereocenters. The summed E-state index contributed by atoms with van der Waals surface area (Å²) in [6.45, 7) is 9.20. The molecule has 1 heterocycles. The Kier molecular flexibility index (Phi) is 4.58. The third-order valence-electron chi connectivity index (χ3n) is 4.23. The van der Waals surface area contributed by atoms with E-state index in [0.29, 0.717) is 12.0 Å². The number of benzene rings is 1. The maximum absolute atomic E-state index is 13.1. The van der Waals surface area contributed by atoms with E-state index in [1.54, 1.807) is 12.1 Å². The van der Waals surface area contributed by atoms with Crippen LogP contribution in [0.5, 0.6) is 0 Å². The van der Waals surface area contributed by atoms with Crippen molar-refractivity contribution in [3.8, 4) is 0 Å². The summed E-state index contributed by atoms with van der Waals surface area (Å²) in [5.41, 5.74) is 1.13. The molecule has 1 N–H and O–H groups in total. The standard InChI is InChI=1S/C16H24FNO/c1-4-18-15(12-9-10-19-11-12)16(2,3)13-5-7-14(17)8-6-13/h5-8,12,15,18H,4,9-11H2,1-3H3. The van der Waals surface area contributed by atoms with Gasteiger partial charge in [-0.25, -0.2) is 4.39 Å². The van der Waals surface area contributed by atoms with E-state index in [1.807, 2.05) is 12.1 Å². The Balaban J connectivity index is 2.24. The molecule has 106 valence electrons. The van der Waals surface area contributed by atoms with Gasteiger partial charge in [0.1, 0.15) is 5.82 Å². The Labute approximate surface area is 115 Å². The first kappa shape index (κ1) is 14.5. The molecule has 19 heavy (non-hydrogen) atoms. The van der Waals surface area contributed by atoms with Crippen molar-refractivity contribution in [3.63, 3.8) is 0 Å². The molecule has 2 nitrogen and oxygen atoms in total. The summed E-state index contributed by atoms with van der Waals surface area (Å²) in [7, 11) is 0. The zero-order valence-corrected chi connectivity index (χ0v) is 12.1. The number of nitrogens with one attached hydrogen (secondary N) is 1. The van der Waals surface area contributed by atoms with Crippen LogP contribution in [0.1, 0.15) is 32.8 Å².